The van der Waals surface area contributed by atoms with Gasteiger partial charge in [0.2, 0.25) is 0 Å². The number of rotatable bonds is 3. The summed E-state index contributed by atoms with van der Waals surface area (Å²) < 4.78 is 0. The van der Waals surface area contributed by atoms with Gasteiger partial charge < -0.3 is 5.32 Å². The summed E-state index contributed by atoms with van der Waals surface area (Å²) in [6.07, 6.45) is 3.49. The number of hydrogen-bond acceptors (Lipinski definition) is 3. The summed E-state index contributed by atoms with van der Waals surface area (Å²) >= 11 is 4.02. The second-order valence-electron chi connectivity index (χ2n) is 2.63. The van der Waals surface area contributed by atoms with E-state index in [-0.39, 0.29) is 0 Å². The molecule has 3 heteroatoms. The molecule has 0 aromatic heterocycles. The molecule has 1 heterocycles. The second-order valence-corrected chi connectivity index (χ2v) is 5.26. The monoisotopic (exact) mass is 177 g/mol. The fourth-order valence-corrected chi connectivity index (χ4v) is 2.89. The van der Waals surface area contributed by atoms with Crippen LogP contribution in [-0.2, 0) is 0 Å². The Morgan fingerprint density at radius 2 is 2.50 bits per heavy atom. The summed E-state index contributed by atoms with van der Waals surface area (Å²) in [5, 5.41) is 5.05. The highest BCUT2D eigenvalue weighted by Crippen LogP contribution is 2.24. The molecule has 1 nitrogen and oxygen atoms in total. The number of hydrogen-bond donors (Lipinski definition) is 1. The van der Waals surface area contributed by atoms with E-state index in [1.54, 1.807) is 0 Å². The van der Waals surface area contributed by atoms with Crippen LogP contribution < -0.4 is 5.32 Å². The van der Waals surface area contributed by atoms with Crippen molar-refractivity contribution in [2.75, 3.05) is 18.6 Å². The van der Waals surface area contributed by atoms with E-state index in [9.17, 15) is 0 Å². The van der Waals surface area contributed by atoms with Gasteiger partial charge in [-0.2, -0.15) is 11.8 Å². The quantitative estimate of drug-likeness (QED) is 0.706. The van der Waals surface area contributed by atoms with Gasteiger partial charge in [-0.3, -0.25) is 0 Å². The molecule has 0 bridgehead atoms. The first-order valence-corrected chi connectivity index (χ1v) is 6.04. The Bertz CT molecular complexity index is 97.6. The first-order valence-electron chi connectivity index (χ1n) is 3.70. The highest BCUT2D eigenvalue weighted by atomic mass is 32.2. The Kier molecular flexibility index (Phi) is 3.96. The maximum absolute atomic E-state index is 3.49. The molecular formula is C7H15NS2. The van der Waals surface area contributed by atoms with Gasteiger partial charge in [-0.25, -0.2) is 0 Å². The zero-order valence-corrected chi connectivity index (χ0v) is 8.23. The van der Waals surface area contributed by atoms with E-state index in [1.165, 1.54) is 18.7 Å². The lowest BCUT2D eigenvalue weighted by Crippen LogP contribution is -2.20. The fourth-order valence-electron chi connectivity index (χ4n) is 1.07. The molecule has 0 aromatic rings. The lowest BCUT2D eigenvalue weighted by atomic mass is 10.4. The summed E-state index contributed by atoms with van der Waals surface area (Å²) in [7, 11) is 0. The second kappa shape index (κ2) is 4.52. The Morgan fingerprint density at radius 3 is 3.00 bits per heavy atom. The number of thioether (sulfide) groups is 2. The molecule has 2 unspecified atom stereocenters. The molecule has 1 N–H and O–H groups in total. The molecule has 10 heavy (non-hydrogen) atoms. The smallest absolute Gasteiger partial charge is 0.0543 e. The van der Waals surface area contributed by atoms with Crippen LogP contribution in [0.25, 0.3) is 0 Å². The van der Waals surface area contributed by atoms with Gasteiger partial charge in [-0.1, -0.05) is 6.92 Å². The van der Waals surface area contributed by atoms with E-state index in [0.29, 0.717) is 0 Å². The standard InChI is InChI=1S/C7H15NS2/c1-6-5-8-7(10-6)3-4-9-2/h6-8H,3-5H2,1-2H3. The predicted octanol–water partition coefficient (Wildman–Crippen LogP) is 1.79. The van der Waals surface area contributed by atoms with Crippen molar-refractivity contribution in [3.63, 3.8) is 0 Å². The molecule has 0 aliphatic carbocycles. The van der Waals surface area contributed by atoms with Crippen LogP contribution in [0.4, 0.5) is 0 Å². The third-order valence-corrected chi connectivity index (χ3v) is 3.62. The van der Waals surface area contributed by atoms with Crippen molar-refractivity contribution >= 4 is 23.5 Å². The summed E-state index contributed by atoms with van der Waals surface area (Å²) in [4.78, 5) is 0. The summed E-state index contributed by atoms with van der Waals surface area (Å²) in [6, 6.07) is 0. The molecule has 1 saturated heterocycles. The molecule has 2 atom stereocenters. The summed E-state index contributed by atoms with van der Waals surface area (Å²) in [6.45, 7) is 3.49. The largest absolute Gasteiger partial charge is 0.304 e. The highest BCUT2D eigenvalue weighted by molar-refractivity contribution is 8.01. The zero-order chi connectivity index (χ0) is 7.40. The summed E-state index contributed by atoms with van der Waals surface area (Å²) in [5.74, 6) is 1.29. The van der Waals surface area contributed by atoms with Crippen LogP contribution in [0.2, 0.25) is 0 Å². The van der Waals surface area contributed by atoms with E-state index in [4.69, 9.17) is 0 Å². The van der Waals surface area contributed by atoms with E-state index >= 15 is 0 Å². The third-order valence-electron chi connectivity index (χ3n) is 1.61. The van der Waals surface area contributed by atoms with E-state index in [2.05, 4.69) is 30.3 Å². The van der Waals surface area contributed by atoms with E-state index in [1.807, 2.05) is 11.8 Å². The number of nitrogens with one attached hydrogen (secondary N) is 1. The van der Waals surface area contributed by atoms with Crippen LogP contribution in [0.1, 0.15) is 13.3 Å². The van der Waals surface area contributed by atoms with Crippen LogP contribution in [0.5, 0.6) is 0 Å². The van der Waals surface area contributed by atoms with Crippen molar-refractivity contribution in [3.8, 4) is 0 Å². The van der Waals surface area contributed by atoms with Crippen LogP contribution in [-0.4, -0.2) is 29.2 Å². The molecule has 60 valence electrons. The van der Waals surface area contributed by atoms with Crippen LogP contribution in [0, 0.1) is 0 Å². The van der Waals surface area contributed by atoms with Crippen molar-refractivity contribution < 1.29 is 0 Å². The average molecular weight is 177 g/mol. The minimum absolute atomic E-state index is 0.738. The van der Waals surface area contributed by atoms with Crippen molar-refractivity contribution in [3.05, 3.63) is 0 Å². The molecule has 1 fully saturated rings. The molecule has 0 radical (unpaired) electrons. The highest BCUT2D eigenvalue weighted by Gasteiger charge is 2.19. The van der Waals surface area contributed by atoms with Crippen LogP contribution in [0.3, 0.4) is 0 Å². The van der Waals surface area contributed by atoms with Gasteiger partial charge in [0.25, 0.3) is 0 Å². The van der Waals surface area contributed by atoms with Crippen molar-refractivity contribution in [2.45, 2.75) is 24.0 Å². The lowest BCUT2D eigenvalue weighted by Gasteiger charge is -2.06. The molecule has 0 amide bonds. The first-order chi connectivity index (χ1) is 4.83. The third kappa shape index (κ3) is 2.72. The SMILES string of the molecule is CSCCC1NCC(C)S1. The predicted molar refractivity (Wildman–Crippen MR) is 51.8 cm³/mol. The van der Waals surface area contributed by atoms with Gasteiger partial charge in [0, 0.05) is 11.8 Å². The van der Waals surface area contributed by atoms with Gasteiger partial charge in [0.05, 0.1) is 5.37 Å². The molecule has 1 aliphatic heterocycles. The van der Waals surface area contributed by atoms with Gasteiger partial charge in [-0.15, -0.1) is 11.8 Å². The Labute approximate surface area is 71.7 Å². The summed E-state index contributed by atoms with van der Waals surface area (Å²) in [5.41, 5.74) is 0. The van der Waals surface area contributed by atoms with E-state index < -0.39 is 0 Å². The minimum atomic E-state index is 0.738. The van der Waals surface area contributed by atoms with Gasteiger partial charge >= 0.3 is 0 Å². The maximum atomic E-state index is 3.49. The van der Waals surface area contributed by atoms with Crippen molar-refractivity contribution in [2.24, 2.45) is 0 Å². The van der Waals surface area contributed by atoms with Crippen molar-refractivity contribution in [1.29, 1.82) is 0 Å². The van der Waals surface area contributed by atoms with Crippen molar-refractivity contribution in [1.82, 2.24) is 5.32 Å². The van der Waals surface area contributed by atoms with Gasteiger partial charge in [-0.05, 0) is 18.4 Å². The Morgan fingerprint density at radius 1 is 1.70 bits per heavy atom. The first kappa shape index (κ1) is 8.75. The fraction of sp³-hybridized carbons (Fsp3) is 1.00. The minimum Gasteiger partial charge on any atom is -0.304 e. The molecular weight excluding hydrogens is 162 g/mol. The molecule has 0 saturated carbocycles. The molecule has 0 aromatic carbocycles. The molecule has 1 aliphatic rings. The Balaban J connectivity index is 2.06. The van der Waals surface area contributed by atoms with Crippen LogP contribution in [0.15, 0.2) is 0 Å². The average Bonchev–Trinajstić information content (AvgIpc) is 2.31. The van der Waals surface area contributed by atoms with Gasteiger partial charge in [0.15, 0.2) is 0 Å². The van der Waals surface area contributed by atoms with Gasteiger partial charge in [0.1, 0.15) is 0 Å². The van der Waals surface area contributed by atoms with Crippen LogP contribution >= 0.6 is 23.5 Å². The molecule has 1 rings (SSSR count). The maximum Gasteiger partial charge on any atom is 0.0543 e. The van der Waals surface area contributed by atoms with E-state index in [0.717, 1.165) is 10.6 Å². The Hall–Kier alpha value is 0.660. The zero-order valence-electron chi connectivity index (χ0n) is 6.59. The lowest BCUT2D eigenvalue weighted by molar-refractivity contribution is 0.675. The molecule has 0 spiro atoms. The normalized spacial score (nSPS) is 33.0. The topological polar surface area (TPSA) is 12.0 Å².